The molecule has 38 heavy (non-hydrogen) atoms. The average molecular weight is 553 g/mol. The second-order valence-corrected chi connectivity index (χ2v) is 16.4. The molecule has 3 N–H and O–H groups in total. The number of nitrogen functional groups attached to an aromatic ring is 1. The van der Waals surface area contributed by atoms with E-state index in [4.69, 9.17) is 31.2 Å². The number of anilines is 2. The molecule has 3 aromatic rings. The monoisotopic (exact) mass is 552 g/mol. The average Bonchev–Trinajstić information content (AvgIpc) is 3.36. The maximum atomic E-state index is 7.27. The van der Waals surface area contributed by atoms with Crippen molar-refractivity contribution in [3.8, 4) is 0 Å². The molecule has 202 valence electrons. The Labute approximate surface area is 231 Å². The van der Waals surface area contributed by atoms with E-state index >= 15 is 0 Å². The molecular formula is C29H37ClN4O3Si. The van der Waals surface area contributed by atoms with Crippen LogP contribution in [0.4, 0.5) is 11.5 Å². The quantitative estimate of drug-likeness (QED) is 0.327. The summed E-state index contributed by atoms with van der Waals surface area (Å²) in [5.74, 6) is -0.0738. The maximum absolute atomic E-state index is 7.27. The van der Waals surface area contributed by atoms with Gasteiger partial charge in [0.2, 0.25) is 0 Å². The molecule has 2 aromatic carbocycles. The van der Waals surface area contributed by atoms with Gasteiger partial charge in [-0.15, -0.1) is 0 Å². The first-order chi connectivity index (χ1) is 18.0. The summed E-state index contributed by atoms with van der Waals surface area (Å²) in [5.41, 5.74) is 6.50. The Bertz CT molecular complexity index is 1220. The molecule has 0 spiro atoms. The topological polar surface area (TPSA) is 91.5 Å². The molecule has 4 atom stereocenters. The van der Waals surface area contributed by atoms with Gasteiger partial charge in [-0.2, -0.15) is 0 Å². The van der Waals surface area contributed by atoms with Crippen molar-refractivity contribution in [1.82, 2.24) is 9.97 Å². The van der Waals surface area contributed by atoms with Gasteiger partial charge in [0.15, 0.2) is 16.8 Å². The summed E-state index contributed by atoms with van der Waals surface area (Å²) in [7, 11) is -2.68. The van der Waals surface area contributed by atoms with Gasteiger partial charge in [0.25, 0.3) is 8.32 Å². The Balaban J connectivity index is 1.47. The van der Waals surface area contributed by atoms with Crippen LogP contribution in [0.5, 0.6) is 0 Å². The fraction of sp³-hybridized carbons (Fsp3) is 0.448. The van der Waals surface area contributed by atoms with Crippen molar-refractivity contribution in [3.05, 3.63) is 72.1 Å². The number of halogens is 1. The minimum absolute atomic E-state index is 0.0669. The highest BCUT2D eigenvalue weighted by atomic mass is 35.5. The predicted octanol–water partition coefficient (Wildman–Crippen LogP) is 4.61. The molecule has 1 aromatic heterocycles. The van der Waals surface area contributed by atoms with E-state index in [0.717, 1.165) is 6.42 Å². The van der Waals surface area contributed by atoms with Gasteiger partial charge >= 0.3 is 0 Å². The highest BCUT2D eigenvalue weighted by molar-refractivity contribution is 6.99. The molecule has 2 heterocycles. The number of hydrogen-bond donors (Lipinski definition) is 2. The van der Waals surface area contributed by atoms with Crippen LogP contribution >= 0.6 is 11.6 Å². The molecule has 1 saturated carbocycles. The van der Waals surface area contributed by atoms with Crippen molar-refractivity contribution in [2.75, 3.05) is 17.7 Å². The van der Waals surface area contributed by atoms with Crippen LogP contribution in [-0.2, 0) is 13.9 Å². The van der Waals surface area contributed by atoms with Crippen molar-refractivity contribution >= 4 is 41.8 Å². The summed E-state index contributed by atoms with van der Waals surface area (Å²) in [6, 6.07) is 21.3. The van der Waals surface area contributed by atoms with Gasteiger partial charge in [-0.1, -0.05) is 93.0 Å². The van der Waals surface area contributed by atoms with E-state index < -0.39 is 14.1 Å². The lowest BCUT2D eigenvalue weighted by atomic mass is 10.1. The summed E-state index contributed by atoms with van der Waals surface area (Å²) in [6.07, 6.45) is 1.89. The molecule has 0 amide bonds. The minimum atomic E-state index is -2.68. The van der Waals surface area contributed by atoms with Crippen molar-refractivity contribution in [1.29, 1.82) is 0 Å². The summed E-state index contributed by atoms with van der Waals surface area (Å²) in [4.78, 5) is 8.30. The van der Waals surface area contributed by atoms with Gasteiger partial charge in [-0.25, -0.2) is 9.97 Å². The Morgan fingerprint density at radius 3 is 2.16 bits per heavy atom. The van der Waals surface area contributed by atoms with Crippen molar-refractivity contribution in [3.63, 3.8) is 0 Å². The normalized spacial score (nSPS) is 24.8. The molecule has 2 aliphatic rings. The van der Waals surface area contributed by atoms with E-state index in [9.17, 15) is 0 Å². The lowest BCUT2D eigenvalue weighted by Crippen LogP contribution is -2.67. The standard InChI is InChI=1S/C29H37ClN4O3Si/c1-28(2,3)38(20-12-8-6-9-13-20,21-14-10-7-11-15-21)35-17-19-16-22(25-24(19)36-29(4,5)37-25)34-27-23(31)26(30)32-18-33-27/h6-15,18-19,22,24-25H,16-17,31H2,1-5H3,(H,32,33,34)/t19-,22-,24-,25+/m1/s1. The summed E-state index contributed by atoms with van der Waals surface area (Å²) in [5, 5.41) is 6.11. The number of nitrogens with zero attached hydrogens (tertiary/aromatic N) is 2. The molecule has 0 radical (unpaired) electrons. The Morgan fingerprint density at radius 1 is 1.00 bits per heavy atom. The number of fused-ring (bicyclic) bond motifs is 1. The zero-order valence-electron chi connectivity index (χ0n) is 22.6. The SMILES string of the molecule is CC1(C)O[C@@H]2[C@@H](CO[Si](c3ccccc3)(c3ccccc3)C(C)(C)C)C[C@@H](Nc3ncnc(Cl)c3N)[C@@H]2O1. The van der Waals surface area contributed by atoms with Crippen molar-refractivity contribution in [2.24, 2.45) is 5.92 Å². The van der Waals surface area contributed by atoms with Crippen LogP contribution in [0.1, 0.15) is 41.0 Å². The number of benzene rings is 2. The van der Waals surface area contributed by atoms with E-state index in [1.807, 2.05) is 13.8 Å². The van der Waals surface area contributed by atoms with E-state index in [1.54, 1.807) is 0 Å². The van der Waals surface area contributed by atoms with Gasteiger partial charge in [-0.3, -0.25) is 0 Å². The summed E-state index contributed by atoms with van der Waals surface area (Å²) >= 11 is 6.16. The van der Waals surface area contributed by atoms with Gasteiger partial charge in [0.05, 0.1) is 12.1 Å². The van der Waals surface area contributed by atoms with Crippen LogP contribution in [0.2, 0.25) is 10.2 Å². The lowest BCUT2D eigenvalue weighted by Gasteiger charge is -2.43. The first-order valence-corrected chi connectivity index (χ1v) is 15.4. The molecular weight excluding hydrogens is 516 g/mol. The van der Waals surface area contributed by atoms with Crippen LogP contribution in [0.3, 0.4) is 0 Å². The third-order valence-corrected chi connectivity index (χ3v) is 13.0. The van der Waals surface area contributed by atoms with Crippen LogP contribution in [0.15, 0.2) is 67.0 Å². The molecule has 1 aliphatic heterocycles. The second-order valence-electron chi connectivity index (χ2n) is 11.7. The Morgan fingerprint density at radius 2 is 1.58 bits per heavy atom. The molecule has 7 nitrogen and oxygen atoms in total. The number of rotatable bonds is 7. The molecule has 0 unspecified atom stereocenters. The Kier molecular flexibility index (Phi) is 7.30. The van der Waals surface area contributed by atoms with E-state index in [-0.39, 0.29) is 34.4 Å². The third kappa shape index (κ3) is 4.96. The number of hydrogen-bond acceptors (Lipinski definition) is 7. The number of aromatic nitrogens is 2. The maximum Gasteiger partial charge on any atom is 0.261 e. The number of ether oxygens (including phenoxy) is 2. The molecule has 2 fully saturated rings. The lowest BCUT2D eigenvalue weighted by molar-refractivity contribution is -0.158. The van der Waals surface area contributed by atoms with Crippen molar-refractivity contribution in [2.45, 2.75) is 70.1 Å². The minimum Gasteiger partial charge on any atom is -0.407 e. The van der Waals surface area contributed by atoms with Gasteiger partial charge < -0.3 is 25.0 Å². The Hall–Kier alpha value is -2.49. The summed E-state index contributed by atoms with van der Waals surface area (Å²) in [6.45, 7) is 11.3. The van der Waals surface area contributed by atoms with E-state index in [1.165, 1.54) is 16.7 Å². The molecule has 9 heteroatoms. The first kappa shape index (κ1) is 27.1. The molecule has 1 saturated heterocycles. The van der Waals surface area contributed by atoms with Gasteiger partial charge in [0.1, 0.15) is 18.1 Å². The fourth-order valence-corrected chi connectivity index (χ4v) is 10.8. The number of nitrogens with two attached hydrogens (primary N) is 1. The zero-order chi connectivity index (χ0) is 27.1. The first-order valence-electron chi connectivity index (χ1n) is 13.1. The van der Waals surface area contributed by atoms with Crippen LogP contribution in [0.25, 0.3) is 0 Å². The van der Waals surface area contributed by atoms with E-state index in [0.29, 0.717) is 18.1 Å². The largest absolute Gasteiger partial charge is 0.407 e. The zero-order valence-corrected chi connectivity index (χ0v) is 24.4. The highest BCUT2D eigenvalue weighted by Crippen LogP contribution is 2.44. The van der Waals surface area contributed by atoms with Crippen molar-refractivity contribution < 1.29 is 13.9 Å². The third-order valence-electron chi connectivity index (χ3n) is 7.67. The predicted molar refractivity (Wildman–Crippen MR) is 154 cm³/mol. The highest BCUT2D eigenvalue weighted by Gasteiger charge is 2.56. The molecule has 5 rings (SSSR count). The smallest absolute Gasteiger partial charge is 0.261 e. The van der Waals surface area contributed by atoms with Crippen LogP contribution in [-0.4, -0.2) is 48.9 Å². The van der Waals surface area contributed by atoms with Crippen LogP contribution < -0.4 is 21.4 Å². The van der Waals surface area contributed by atoms with Crippen LogP contribution in [0, 0.1) is 5.92 Å². The fourth-order valence-electron chi connectivity index (χ4n) is 6.05. The summed E-state index contributed by atoms with van der Waals surface area (Å²) < 4.78 is 20.1. The van der Waals surface area contributed by atoms with Gasteiger partial charge in [-0.05, 0) is 35.7 Å². The second kappa shape index (κ2) is 10.2. The number of nitrogens with one attached hydrogen (secondary N) is 1. The molecule has 0 bridgehead atoms. The van der Waals surface area contributed by atoms with E-state index in [2.05, 4.69) is 96.7 Å². The molecule has 1 aliphatic carbocycles. The van der Waals surface area contributed by atoms with Gasteiger partial charge in [0, 0.05) is 12.5 Å².